The SMILES string of the molecule is COC(=O)C1=C(c2ccc(Cl)cc2)Nc2ncnn2[C@H]1c1cc(OC)c(OC)c(OC)c1. The fourth-order valence-electron chi connectivity index (χ4n) is 3.70. The molecule has 0 bridgehead atoms. The maximum atomic E-state index is 13.1. The highest BCUT2D eigenvalue weighted by Gasteiger charge is 2.37. The molecule has 0 radical (unpaired) electrons. The summed E-state index contributed by atoms with van der Waals surface area (Å²) in [5.74, 6) is 1.26. The van der Waals surface area contributed by atoms with E-state index >= 15 is 0 Å². The number of nitrogens with one attached hydrogen (secondary N) is 1. The molecule has 0 saturated carbocycles. The molecule has 0 amide bonds. The van der Waals surface area contributed by atoms with Gasteiger partial charge in [-0.1, -0.05) is 23.7 Å². The zero-order valence-corrected chi connectivity index (χ0v) is 18.6. The quantitative estimate of drug-likeness (QED) is 0.562. The van der Waals surface area contributed by atoms with E-state index in [2.05, 4.69) is 15.4 Å². The summed E-state index contributed by atoms with van der Waals surface area (Å²) in [6.45, 7) is 0. The zero-order chi connectivity index (χ0) is 22.8. The van der Waals surface area contributed by atoms with E-state index in [9.17, 15) is 4.79 Å². The Hall–Kier alpha value is -3.72. The Morgan fingerprint density at radius 3 is 2.25 bits per heavy atom. The second kappa shape index (κ2) is 8.80. The van der Waals surface area contributed by atoms with Crippen molar-refractivity contribution in [3.8, 4) is 17.2 Å². The number of hydrogen-bond donors (Lipinski definition) is 1. The highest BCUT2D eigenvalue weighted by atomic mass is 35.5. The first-order valence-electron chi connectivity index (χ1n) is 9.57. The van der Waals surface area contributed by atoms with Crippen molar-refractivity contribution in [1.29, 1.82) is 0 Å². The number of carbonyl (C=O) groups is 1. The number of fused-ring (bicyclic) bond motifs is 1. The number of hydrogen-bond acceptors (Lipinski definition) is 8. The molecule has 4 rings (SSSR count). The van der Waals surface area contributed by atoms with Crippen molar-refractivity contribution in [1.82, 2.24) is 14.8 Å². The summed E-state index contributed by atoms with van der Waals surface area (Å²) in [6.07, 6.45) is 1.41. The second-order valence-electron chi connectivity index (χ2n) is 6.80. The molecule has 0 aliphatic carbocycles. The lowest BCUT2D eigenvalue weighted by atomic mass is 9.92. The van der Waals surface area contributed by atoms with Gasteiger partial charge in [0.05, 0.1) is 39.7 Å². The summed E-state index contributed by atoms with van der Waals surface area (Å²) < 4.78 is 23.2. The lowest BCUT2D eigenvalue weighted by Gasteiger charge is -2.30. The van der Waals surface area contributed by atoms with Crippen molar-refractivity contribution < 1.29 is 23.7 Å². The number of rotatable bonds is 6. The number of ether oxygens (including phenoxy) is 4. The number of carbonyl (C=O) groups excluding carboxylic acids is 1. The van der Waals surface area contributed by atoms with Crippen LogP contribution in [0.3, 0.4) is 0 Å². The first-order valence-corrected chi connectivity index (χ1v) is 9.95. The van der Waals surface area contributed by atoms with Crippen molar-refractivity contribution in [2.45, 2.75) is 6.04 Å². The van der Waals surface area contributed by atoms with E-state index in [1.165, 1.54) is 34.8 Å². The summed E-state index contributed by atoms with van der Waals surface area (Å²) in [5, 5.41) is 8.12. The Balaban J connectivity index is 2.00. The molecule has 1 aliphatic rings. The van der Waals surface area contributed by atoms with Crippen LogP contribution >= 0.6 is 11.6 Å². The van der Waals surface area contributed by atoms with Gasteiger partial charge in [-0.3, -0.25) is 0 Å². The summed E-state index contributed by atoms with van der Waals surface area (Å²) in [5.41, 5.74) is 2.27. The van der Waals surface area contributed by atoms with Gasteiger partial charge in [0.2, 0.25) is 11.7 Å². The Kier molecular flexibility index (Phi) is 5.91. The van der Waals surface area contributed by atoms with Crippen LogP contribution in [0.1, 0.15) is 17.2 Å². The number of esters is 1. The predicted octanol–water partition coefficient (Wildman–Crippen LogP) is 3.56. The first-order chi connectivity index (χ1) is 15.5. The van der Waals surface area contributed by atoms with E-state index in [0.717, 1.165) is 5.56 Å². The van der Waals surface area contributed by atoms with Crippen LogP contribution < -0.4 is 19.5 Å². The second-order valence-corrected chi connectivity index (χ2v) is 7.24. The molecule has 0 unspecified atom stereocenters. The summed E-state index contributed by atoms with van der Waals surface area (Å²) in [7, 11) is 5.91. The molecule has 0 saturated heterocycles. The summed E-state index contributed by atoms with van der Waals surface area (Å²) in [6, 6.07) is 9.97. The van der Waals surface area contributed by atoms with Crippen LogP contribution in [-0.2, 0) is 9.53 Å². The molecule has 32 heavy (non-hydrogen) atoms. The van der Waals surface area contributed by atoms with Gasteiger partial charge >= 0.3 is 5.97 Å². The lowest BCUT2D eigenvalue weighted by Crippen LogP contribution is -2.29. The molecule has 1 aromatic heterocycles. The van der Waals surface area contributed by atoms with Crippen LogP contribution in [0.5, 0.6) is 17.2 Å². The number of methoxy groups -OCH3 is 4. The van der Waals surface area contributed by atoms with Gasteiger partial charge in [-0.05, 0) is 35.4 Å². The van der Waals surface area contributed by atoms with Crippen molar-refractivity contribution in [2.75, 3.05) is 33.8 Å². The van der Waals surface area contributed by atoms with Crippen LogP contribution in [0.15, 0.2) is 48.3 Å². The maximum absolute atomic E-state index is 13.1. The van der Waals surface area contributed by atoms with Crippen molar-refractivity contribution in [3.63, 3.8) is 0 Å². The molecule has 166 valence electrons. The molecule has 1 aliphatic heterocycles. The Morgan fingerprint density at radius 1 is 1.03 bits per heavy atom. The predicted molar refractivity (Wildman–Crippen MR) is 118 cm³/mol. The largest absolute Gasteiger partial charge is 0.493 e. The molecule has 0 spiro atoms. The summed E-state index contributed by atoms with van der Waals surface area (Å²) in [4.78, 5) is 17.4. The average molecular weight is 457 g/mol. The first kappa shape index (κ1) is 21.5. The van der Waals surface area contributed by atoms with Crippen molar-refractivity contribution >= 4 is 29.2 Å². The minimum absolute atomic E-state index is 0.335. The number of anilines is 1. The Morgan fingerprint density at radius 2 is 1.69 bits per heavy atom. The van der Waals surface area contributed by atoms with Crippen molar-refractivity contribution in [2.24, 2.45) is 0 Å². The van der Waals surface area contributed by atoms with Gasteiger partial charge in [-0.25, -0.2) is 9.48 Å². The number of halogens is 1. The van der Waals surface area contributed by atoms with Gasteiger partial charge < -0.3 is 24.3 Å². The number of nitrogens with zero attached hydrogens (tertiary/aromatic N) is 3. The van der Waals surface area contributed by atoms with Crippen LogP contribution in [0.2, 0.25) is 5.02 Å². The molecule has 0 fully saturated rings. The van der Waals surface area contributed by atoms with Gasteiger partial charge in [0.15, 0.2) is 11.5 Å². The van der Waals surface area contributed by atoms with Crippen LogP contribution in [-0.4, -0.2) is 49.2 Å². The van der Waals surface area contributed by atoms with E-state index in [4.69, 9.17) is 30.5 Å². The minimum Gasteiger partial charge on any atom is -0.493 e. The monoisotopic (exact) mass is 456 g/mol. The van der Waals surface area contributed by atoms with Gasteiger partial charge in [-0.15, -0.1) is 0 Å². The van der Waals surface area contributed by atoms with Crippen LogP contribution in [0, 0.1) is 0 Å². The van der Waals surface area contributed by atoms with Gasteiger partial charge in [0, 0.05) is 5.02 Å². The fraction of sp³-hybridized carbons (Fsp3) is 0.227. The zero-order valence-electron chi connectivity index (χ0n) is 17.9. The molecular weight excluding hydrogens is 436 g/mol. The molecule has 1 N–H and O–H groups in total. The van der Waals surface area contributed by atoms with Gasteiger partial charge in [-0.2, -0.15) is 10.1 Å². The minimum atomic E-state index is -0.680. The Labute approximate surface area is 189 Å². The average Bonchev–Trinajstić information content (AvgIpc) is 3.30. The molecule has 2 heterocycles. The topological polar surface area (TPSA) is 96.7 Å². The van der Waals surface area contributed by atoms with Gasteiger partial charge in [0.1, 0.15) is 12.4 Å². The summed E-state index contributed by atoms with van der Waals surface area (Å²) >= 11 is 6.07. The molecule has 9 nitrogen and oxygen atoms in total. The molecular formula is C22H21ClN4O5. The molecule has 10 heteroatoms. The molecule has 2 aromatic carbocycles. The van der Waals surface area contributed by atoms with E-state index in [1.807, 2.05) is 12.1 Å². The van der Waals surface area contributed by atoms with E-state index < -0.39 is 12.0 Å². The van der Waals surface area contributed by atoms with E-state index in [0.29, 0.717) is 45.1 Å². The molecule has 1 atom stereocenters. The molecule has 3 aromatic rings. The van der Waals surface area contributed by atoms with Crippen LogP contribution in [0.25, 0.3) is 5.70 Å². The van der Waals surface area contributed by atoms with E-state index in [1.54, 1.807) is 28.9 Å². The van der Waals surface area contributed by atoms with Crippen LogP contribution in [0.4, 0.5) is 5.95 Å². The smallest absolute Gasteiger partial charge is 0.338 e. The Bertz CT molecular complexity index is 1160. The van der Waals surface area contributed by atoms with E-state index in [-0.39, 0.29) is 0 Å². The normalized spacial score (nSPS) is 15.0. The fourth-order valence-corrected chi connectivity index (χ4v) is 3.83. The standard InChI is InChI=1S/C22H21ClN4O5/c1-29-15-9-13(10-16(30-2)20(15)31-3)19-17(21(28)32-4)18(12-5-7-14(23)8-6-12)26-22-24-11-25-27(19)22/h5-11,19H,1-4H3,(H,24,25,26)/t19-/m0/s1. The third-order valence-electron chi connectivity index (χ3n) is 5.14. The third kappa shape index (κ3) is 3.60. The highest BCUT2D eigenvalue weighted by molar-refractivity contribution is 6.30. The lowest BCUT2D eigenvalue weighted by molar-refractivity contribution is -0.136. The van der Waals surface area contributed by atoms with Gasteiger partial charge in [0.25, 0.3) is 0 Å². The number of aromatic nitrogens is 3. The highest BCUT2D eigenvalue weighted by Crippen LogP contribution is 2.45. The van der Waals surface area contributed by atoms with Crippen molar-refractivity contribution in [3.05, 3.63) is 64.4 Å². The third-order valence-corrected chi connectivity index (χ3v) is 5.39. The maximum Gasteiger partial charge on any atom is 0.338 e. The number of benzene rings is 2.